The van der Waals surface area contributed by atoms with E-state index in [9.17, 15) is 27.6 Å². The largest absolute Gasteiger partial charge is 0.493 e. The fourth-order valence-electron chi connectivity index (χ4n) is 5.77. The average molecular weight is 740 g/mol. The average Bonchev–Trinajstić information content (AvgIpc) is 3.14. The number of ether oxygens (including phenoxy) is 2. The van der Waals surface area contributed by atoms with Gasteiger partial charge in [0.05, 0.1) is 43.2 Å². The smallest absolute Gasteiger partial charge is 0.419 e. The summed E-state index contributed by atoms with van der Waals surface area (Å²) in [5, 5.41) is 13.5. The molecule has 52 heavy (non-hydrogen) atoms. The molecule has 1 atom stereocenters. The van der Waals surface area contributed by atoms with Crippen LogP contribution in [0.4, 0.5) is 18.0 Å². The summed E-state index contributed by atoms with van der Waals surface area (Å²) in [6, 6.07) is 31.4. The van der Waals surface area contributed by atoms with Gasteiger partial charge in [0.2, 0.25) is 7.37 Å². The van der Waals surface area contributed by atoms with Gasteiger partial charge in [-0.15, -0.1) is 0 Å². The normalized spacial score (nSPS) is 12.9. The van der Waals surface area contributed by atoms with E-state index in [1.807, 2.05) is 66.7 Å². The van der Waals surface area contributed by atoms with E-state index in [0.717, 1.165) is 48.4 Å². The van der Waals surface area contributed by atoms with E-state index in [-0.39, 0.29) is 50.7 Å². The summed E-state index contributed by atoms with van der Waals surface area (Å²) in [5.41, 5.74) is 0.181. The summed E-state index contributed by atoms with van der Waals surface area (Å²) in [7, 11) is -3.50. The second-order valence-electron chi connectivity index (χ2n) is 13.1. The van der Waals surface area contributed by atoms with Crippen molar-refractivity contribution in [2.75, 3.05) is 19.8 Å². The van der Waals surface area contributed by atoms with Gasteiger partial charge in [0.1, 0.15) is 12.4 Å². The van der Waals surface area contributed by atoms with E-state index >= 15 is 0 Å². The number of aliphatic hydroxyl groups excluding tert-OH is 1. The van der Waals surface area contributed by atoms with Crippen LogP contribution in [0.3, 0.4) is 0 Å². The van der Waals surface area contributed by atoms with Crippen LogP contribution in [0, 0.1) is 0 Å². The predicted octanol–water partition coefficient (Wildman–Crippen LogP) is 10.3. The van der Waals surface area contributed by atoms with Gasteiger partial charge in [-0.2, -0.15) is 13.2 Å². The minimum absolute atomic E-state index is 0.0188. The predicted molar refractivity (Wildman–Crippen MR) is 197 cm³/mol. The van der Waals surface area contributed by atoms with Crippen LogP contribution in [-0.4, -0.2) is 36.6 Å². The standard InChI is InChI=1S/C41H49F3NO6P/c1-2-3-4-5-15-26-49-38-23-22-33(27-37(38)41(42,43)44)24-25-40(31-46,45-39(47)50-28-34-16-9-6-10-17-34)32-51-52(48,29-35-18-11-7-12-19-35)30-36-20-13-8-14-21-36/h6-14,16-23,27,46H,2-5,15,24-26,28-32H2,1H3,(H,45,47). The fourth-order valence-corrected chi connectivity index (χ4v) is 8.08. The molecule has 280 valence electrons. The van der Waals surface area contributed by atoms with Crippen molar-refractivity contribution in [2.45, 2.75) is 82.5 Å². The van der Waals surface area contributed by atoms with Crippen molar-refractivity contribution < 1.29 is 41.6 Å². The number of carbonyl (C=O) groups excluding carboxylic acids is 1. The summed E-state index contributed by atoms with van der Waals surface area (Å²) in [5.74, 6) is -0.242. The van der Waals surface area contributed by atoms with Crippen molar-refractivity contribution in [1.29, 1.82) is 0 Å². The molecule has 0 aliphatic rings. The number of aliphatic hydroxyl groups is 1. The number of aryl methyl sites for hydroxylation is 1. The van der Waals surface area contributed by atoms with Gasteiger partial charge in [-0.05, 0) is 53.6 Å². The summed E-state index contributed by atoms with van der Waals surface area (Å²) in [4.78, 5) is 13.2. The summed E-state index contributed by atoms with van der Waals surface area (Å²) >= 11 is 0. The Morgan fingerprint density at radius 1 is 0.769 bits per heavy atom. The summed E-state index contributed by atoms with van der Waals surface area (Å²) in [6.45, 7) is 1.18. The lowest BCUT2D eigenvalue weighted by Crippen LogP contribution is -2.55. The van der Waals surface area contributed by atoms with E-state index < -0.39 is 37.3 Å². The molecule has 2 N–H and O–H groups in total. The van der Waals surface area contributed by atoms with Crippen LogP contribution in [-0.2, 0) is 45.4 Å². The quantitative estimate of drug-likeness (QED) is 0.0653. The summed E-state index contributed by atoms with van der Waals surface area (Å²) in [6.07, 6.45) is -0.688. The molecule has 0 saturated carbocycles. The molecule has 0 fully saturated rings. The first-order valence-corrected chi connectivity index (χ1v) is 19.8. The lowest BCUT2D eigenvalue weighted by molar-refractivity contribution is -0.139. The molecule has 1 amide bonds. The van der Waals surface area contributed by atoms with E-state index in [1.165, 1.54) is 6.07 Å². The molecule has 1 unspecified atom stereocenters. The first kappa shape index (κ1) is 40.7. The Bertz CT molecular complexity index is 1650. The molecular weight excluding hydrogens is 690 g/mol. The third-order valence-electron chi connectivity index (χ3n) is 8.74. The minimum atomic E-state index is -4.66. The van der Waals surface area contributed by atoms with E-state index in [1.54, 1.807) is 30.3 Å². The van der Waals surface area contributed by atoms with Crippen molar-refractivity contribution in [1.82, 2.24) is 5.32 Å². The lowest BCUT2D eigenvalue weighted by Gasteiger charge is -2.34. The molecule has 0 heterocycles. The van der Waals surface area contributed by atoms with Crippen LogP contribution >= 0.6 is 7.37 Å². The lowest BCUT2D eigenvalue weighted by atomic mass is 9.92. The van der Waals surface area contributed by atoms with E-state index in [0.29, 0.717) is 12.0 Å². The highest BCUT2D eigenvalue weighted by molar-refractivity contribution is 7.57. The van der Waals surface area contributed by atoms with E-state index in [4.69, 9.17) is 14.0 Å². The number of alkyl carbamates (subject to hydrolysis) is 1. The maximum atomic E-state index is 14.6. The van der Waals surface area contributed by atoms with Crippen LogP contribution < -0.4 is 10.1 Å². The van der Waals surface area contributed by atoms with E-state index in [2.05, 4.69) is 12.2 Å². The Balaban J connectivity index is 1.56. The number of hydrogen-bond donors (Lipinski definition) is 2. The van der Waals surface area contributed by atoms with Crippen molar-refractivity contribution in [3.8, 4) is 5.75 Å². The van der Waals surface area contributed by atoms with Gasteiger partial charge in [-0.1, -0.05) is 130 Å². The molecule has 0 aliphatic heterocycles. The number of carbonyl (C=O) groups is 1. The molecular formula is C41H49F3NO6P. The van der Waals surface area contributed by atoms with Gasteiger partial charge in [-0.3, -0.25) is 4.57 Å². The van der Waals surface area contributed by atoms with Crippen LogP contribution in [0.5, 0.6) is 5.75 Å². The number of alkyl halides is 3. The van der Waals surface area contributed by atoms with Gasteiger partial charge >= 0.3 is 12.3 Å². The van der Waals surface area contributed by atoms with Gasteiger partial charge in [0.25, 0.3) is 0 Å². The molecule has 0 spiro atoms. The van der Waals surface area contributed by atoms with Gasteiger partial charge in [0, 0.05) is 0 Å². The molecule has 0 saturated heterocycles. The maximum absolute atomic E-state index is 14.6. The highest BCUT2D eigenvalue weighted by atomic mass is 31.2. The van der Waals surface area contributed by atoms with Gasteiger partial charge in [-0.25, -0.2) is 4.79 Å². The third kappa shape index (κ3) is 13.5. The topological polar surface area (TPSA) is 94.1 Å². The number of nitrogens with one attached hydrogen (secondary N) is 1. The van der Waals surface area contributed by atoms with Gasteiger partial charge in [0.15, 0.2) is 0 Å². The number of unbranched alkanes of at least 4 members (excludes halogenated alkanes) is 4. The van der Waals surface area contributed by atoms with Crippen molar-refractivity contribution in [3.63, 3.8) is 0 Å². The molecule has 4 aromatic carbocycles. The van der Waals surface area contributed by atoms with Crippen LogP contribution in [0.25, 0.3) is 0 Å². The van der Waals surface area contributed by atoms with Gasteiger partial charge < -0.3 is 24.4 Å². The first-order valence-electron chi connectivity index (χ1n) is 17.8. The Kier molecular flexibility index (Phi) is 15.8. The van der Waals surface area contributed by atoms with Crippen molar-refractivity contribution in [2.24, 2.45) is 0 Å². The fraction of sp³-hybridized carbons (Fsp3) is 0.390. The Morgan fingerprint density at radius 3 is 1.90 bits per heavy atom. The molecule has 7 nitrogen and oxygen atoms in total. The summed E-state index contributed by atoms with van der Waals surface area (Å²) < 4.78 is 74.4. The second-order valence-corrected chi connectivity index (χ2v) is 15.6. The van der Waals surface area contributed by atoms with Crippen molar-refractivity contribution in [3.05, 3.63) is 137 Å². The van der Waals surface area contributed by atoms with Crippen LogP contribution in [0.1, 0.15) is 73.3 Å². The Labute approximate surface area is 305 Å². The second kappa shape index (κ2) is 20.2. The molecule has 0 aliphatic carbocycles. The molecule has 0 radical (unpaired) electrons. The molecule has 11 heteroatoms. The highest BCUT2D eigenvalue weighted by Crippen LogP contribution is 2.54. The molecule has 4 rings (SSSR count). The Morgan fingerprint density at radius 2 is 1.35 bits per heavy atom. The zero-order chi connectivity index (χ0) is 37.3. The highest BCUT2D eigenvalue weighted by Gasteiger charge is 2.38. The SMILES string of the molecule is CCCCCCCOc1ccc(CCC(CO)(COP(=O)(Cc2ccccc2)Cc2ccccc2)NC(=O)OCc2ccccc2)cc1C(F)(F)F. The molecule has 0 bridgehead atoms. The number of rotatable bonds is 21. The molecule has 0 aromatic heterocycles. The monoisotopic (exact) mass is 739 g/mol. The third-order valence-corrected chi connectivity index (χ3v) is 11.0. The maximum Gasteiger partial charge on any atom is 0.419 e. The first-order chi connectivity index (χ1) is 25.0. The van der Waals surface area contributed by atoms with Crippen molar-refractivity contribution >= 4 is 13.5 Å². The number of benzene rings is 4. The number of halogens is 3. The zero-order valence-electron chi connectivity index (χ0n) is 29.7. The number of amides is 1. The Hall–Kier alpha value is -4.11. The minimum Gasteiger partial charge on any atom is -0.493 e. The zero-order valence-corrected chi connectivity index (χ0v) is 30.5. The van der Waals surface area contributed by atoms with Crippen LogP contribution in [0.15, 0.2) is 109 Å². The number of hydrogen-bond acceptors (Lipinski definition) is 6. The van der Waals surface area contributed by atoms with Crippen LogP contribution in [0.2, 0.25) is 0 Å². The molecule has 4 aromatic rings.